The summed E-state index contributed by atoms with van der Waals surface area (Å²) in [7, 11) is 0. The summed E-state index contributed by atoms with van der Waals surface area (Å²) in [6.45, 7) is 5.71. The van der Waals surface area contributed by atoms with Crippen LogP contribution in [0, 0.1) is 0 Å². The van der Waals surface area contributed by atoms with Crippen LogP contribution >= 0.6 is 11.6 Å². The molecule has 1 unspecified atom stereocenters. The van der Waals surface area contributed by atoms with Crippen molar-refractivity contribution in [2.24, 2.45) is 0 Å². The monoisotopic (exact) mass is 618 g/mol. The highest BCUT2D eigenvalue weighted by atomic mass is 35.5. The number of hydrogen-bond acceptors (Lipinski definition) is 11. The molecule has 2 fully saturated rings. The van der Waals surface area contributed by atoms with Crippen LogP contribution in [0.5, 0.6) is 5.75 Å². The Morgan fingerprint density at radius 2 is 1.60 bits per heavy atom. The quantitative estimate of drug-likeness (QED) is 0.268. The lowest BCUT2D eigenvalue weighted by Gasteiger charge is -2.27. The Morgan fingerprint density at radius 1 is 0.907 bits per heavy atom. The summed E-state index contributed by atoms with van der Waals surface area (Å²) in [5.74, 6) is -1.84. The summed E-state index contributed by atoms with van der Waals surface area (Å²) in [4.78, 5) is 47.7. The molecule has 0 amide bonds. The second kappa shape index (κ2) is 14.7. The number of esters is 4. The molecule has 11 nitrogen and oxygen atoms in total. The van der Waals surface area contributed by atoms with Crippen LogP contribution in [0.3, 0.4) is 0 Å². The molecule has 0 N–H and O–H groups in total. The summed E-state index contributed by atoms with van der Waals surface area (Å²) in [5.41, 5.74) is 2.33. The van der Waals surface area contributed by atoms with E-state index in [0.717, 1.165) is 23.3 Å². The van der Waals surface area contributed by atoms with E-state index in [2.05, 4.69) is 0 Å². The van der Waals surface area contributed by atoms with Gasteiger partial charge in [0.2, 0.25) is 0 Å². The average molecular weight is 619 g/mol. The first kappa shape index (κ1) is 32.2. The minimum absolute atomic E-state index is 0.0441. The van der Waals surface area contributed by atoms with Gasteiger partial charge in [0, 0.05) is 39.1 Å². The van der Waals surface area contributed by atoms with Crippen LogP contribution < -0.4 is 4.74 Å². The molecule has 43 heavy (non-hydrogen) atoms. The lowest BCUT2D eigenvalue weighted by molar-refractivity contribution is -0.176. The molecule has 2 aromatic rings. The van der Waals surface area contributed by atoms with Gasteiger partial charge in [0.25, 0.3) is 0 Å². The summed E-state index contributed by atoms with van der Waals surface area (Å²) >= 11 is 6.58. The maximum Gasteiger partial charge on any atom is 0.303 e. The van der Waals surface area contributed by atoms with Gasteiger partial charge >= 0.3 is 23.9 Å². The Labute approximate surface area is 254 Å². The van der Waals surface area contributed by atoms with Crippen molar-refractivity contribution in [3.63, 3.8) is 0 Å². The van der Waals surface area contributed by atoms with Gasteiger partial charge in [-0.1, -0.05) is 35.9 Å². The molecule has 2 saturated heterocycles. The van der Waals surface area contributed by atoms with E-state index in [9.17, 15) is 19.2 Å². The van der Waals surface area contributed by atoms with Crippen molar-refractivity contribution >= 4 is 35.5 Å². The van der Waals surface area contributed by atoms with Gasteiger partial charge in [0.05, 0.1) is 13.2 Å². The summed E-state index contributed by atoms with van der Waals surface area (Å²) in [6.07, 6.45) is -4.13. The molecule has 0 radical (unpaired) electrons. The van der Waals surface area contributed by atoms with Crippen LogP contribution in [0.2, 0.25) is 5.02 Å². The first-order valence-corrected chi connectivity index (χ1v) is 14.3. The standard InChI is InChI=1S/C31H35ClO11/c1-17(33)38-16-27(39-18(2)34)29-31(41-20(4)36)30(40-19(3)35)28(43-29)22-7-10-26(32)23(14-22)13-21-5-8-24(9-6-21)42-25-11-12-37-15-25/h5-10,14,25,27-31H,11-13,15-16H2,1-4H3/t25-,27-,28?,29+,30-,31-/m0/s1. The fourth-order valence-corrected chi connectivity index (χ4v) is 5.30. The second-order valence-corrected chi connectivity index (χ2v) is 10.8. The molecular formula is C31H35ClO11. The first-order chi connectivity index (χ1) is 20.5. The van der Waals surface area contributed by atoms with Gasteiger partial charge in [-0.2, -0.15) is 0 Å². The molecule has 6 atom stereocenters. The molecule has 2 aliphatic heterocycles. The molecule has 2 aliphatic rings. The summed E-state index contributed by atoms with van der Waals surface area (Å²) < 4.78 is 39.3. The van der Waals surface area contributed by atoms with Gasteiger partial charge in [0.15, 0.2) is 18.3 Å². The van der Waals surface area contributed by atoms with Crippen LogP contribution in [-0.2, 0) is 54.0 Å². The number of carbonyl (C=O) groups excluding carboxylic acids is 4. The number of ether oxygens (including phenoxy) is 7. The van der Waals surface area contributed by atoms with E-state index in [-0.39, 0.29) is 12.7 Å². The molecule has 0 aromatic heterocycles. The van der Waals surface area contributed by atoms with Gasteiger partial charge in [-0.05, 0) is 41.3 Å². The zero-order chi connectivity index (χ0) is 31.1. The van der Waals surface area contributed by atoms with Crippen molar-refractivity contribution in [3.8, 4) is 5.75 Å². The maximum absolute atomic E-state index is 12.2. The minimum atomic E-state index is -1.18. The SMILES string of the molecule is CC(=O)OC[C@H](OC(C)=O)[C@H]1OC(c2ccc(Cl)c(Cc3ccc(O[C@H]4CCOC4)cc3)c2)[C@H](OC(C)=O)[C@H]1OC(C)=O. The lowest BCUT2D eigenvalue weighted by Crippen LogP contribution is -2.46. The predicted molar refractivity (Wildman–Crippen MR) is 151 cm³/mol. The average Bonchev–Trinajstić information content (AvgIpc) is 3.56. The number of benzene rings is 2. The Morgan fingerprint density at radius 3 is 2.21 bits per heavy atom. The van der Waals surface area contributed by atoms with Crippen molar-refractivity contribution in [2.45, 2.75) is 77.2 Å². The lowest BCUT2D eigenvalue weighted by atomic mass is 9.96. The van der Waals surface area contributed by atoms with Gasteiger partial charge in [0.1, 0.15) is 30.7 Å². The zero-order valence-electron chi connectivity index (χ0n) is 24.4. The molecule has 12 heteroatoms. The van der Waals surface area contributed by atoms with E-state index in [1.807, 2.05) is 30.3 Å². The largest absolute Gasteiger partial charge is 0.488 e. The number of carbonyl (C=O) groups is 4. The number of rotatable bonds is 11. The maximum atomic E-state index is 12.2. The highest BCUT2D eigenvalue weighted by Crippen LogP contribution is 2.40. The van der Waals surface area contributed by atoms with Crippen molar-refractivity contribution in [3.05, 3.63) is 64.2 Å². The first-order valence-electron chi connectivity index (χ1n) is 13.9. The van der Waals surface area contributed by atoms with E-state index in [4.69, 9.17) is 44.8 Å². The molecule has 0 spiro atoms. The van der Waals surface area contributed by atoms with Crippen molar-refractivity contribution < 1.29 is 52.3 Å². The van der Waals surface area contributed by atoms with Gasteiger partial charge in [-0.15, -0.1) is 0 Å². The van der Waals surface area contributed by atoms with Gasteiger partial charge in [-0.25, -0.2) is 0 Å². The molecule has 2 heterocycles. The van der Waals surface area contributed by atoms with Crippen molar-refractivity contribution in [2.75, 3.05) is 19.8 Å². The van der Waals surface area contributed by atoms with Gasteiger partial charge < -0.3 is 33.2 Å². The molecule has 2 aromatic carbocycles. The van der Waals surface area contributed by atoms with E-state index in [0.29, 0.717) is 30.2 Å². The predicted octanol–water partition coefficient (Wildman–Crippen LogP) is 3.90. The summed E-state index contributed by atoms with van der Waals surface area (Å²) in [6, 6.07) is 12.9. The normalized spacial score (nSPS) is 23.7. The smallest absolute Gasteiger partial charge is 0.303 e. The van der Waals surface area contributed by atoms with Crippen LogP contribution in [0.25, 0.3) is 0 Å². The topological polar surface area (TPSA) is 133 Å². The summed E-state index contributed by atoms with van der Waals surface area (Å²) in [5, 5.41) is 0.509. The van der Waals surface area contributed by atoms with Gasteiger partial charge in [-0.3, -0.25) is 19.2 Å². The van der Waals surface area contributed by atoms with Crippen LogP contribution in [0.15, 0.2) is 42.5 Å². The highest BCUT2D eigenvalue weighted by Gasteiger charge is 2.53. The third-order valence-corrected chi connectivity index (χ3v) is 7.26. The molecule has 232 valence electrons. The van der Waals surface area contributed by atoms with Crippen LogP contribution in [0.4, 0.5) is 0 Å². The van der Waals surface area contributed by atoms with E-state index < -0.39 is 54.4 Å². The van der Waals surface area contributed by atoms with Crippen molar-refractivity contribution in [1.82, 2.24) is 0 Å². The molecule has 4 rings (SSSR count). The Kier molecular flexibility index (Phi) is 11.0. The fraction of sp³-hybridized carbons (Fsp3) is 0.484. The number of halogens is 1. The van der Waals surface area contributed by atoms with E-state index >= 15 is 0 Å². The Balaban J connectivity index is 1.61. The minimum Gasteiger partial charge on any atom is -0.488 e. The Bertz CT molecular complexity index is 1310. The third-order valence-electron chi connectivity index (χ3n) is 6.90. The molecule has 0 saturated carbocycles. The van der Waals surface area contributed by atoms with Crippen LogP contribution in [-0.4, -0.2) is 74.2 Å². The highest BCUT2D eigenvalue weighted by molar-refractivity contribution is 6.31. The molecule has 0 bridgehead atoms. The Hall–Kier alpha value is -3.67. The zero-order valence-corrected chi connectivity index (χ0v) is 25.2. The second-order valence-electron chi connectivity index (χ2n) is 10.4. The van der Waals surface area contributed by atoms with Crippen molar-refractivity contribution in [1.29, 1.82) is 0 Å². The molecular weight excluding hydrogens is 584 g/mol. The fourth-order valence-electron chi connectivity index (χ4n) is 5.12. The van der Waals surface area contributed by atoms with E-state index in [1.165, 1.54) is 27.7 Å². The third kappa shape index (κ3) is 8.92. The van der Waals surface area contributed by atoms with Crippen LogP contribution in [0.1, 0.15) is 56.9 Å². The number of hydrogen-bond donors (Lipinski definition) is 0. The molecule has 0 aliphatic carbocycles. The van der Waals surface area contributed by atoms with E-state index in [1.54, 1.807) is 12.1 Å².